The smallest absolute Gasteiger partial charge is 0.312 e. The molecule has 0 radical (unpaired) electrons. The molecule has 2 fully saturated rings. The van der Waals surface area contributed by atoms with E-state index in [9.17, 15) is 9.59 Å². The molecule has 1 aromatic carbocycles. The quantitative estimate of drug-likeness (QED) is 0.722. The van der Waals surface area contributed by atoms with Crippen LogP contribution >= 0.6 is 11.6 Å². The van der Waals surface area contributed by atoms with Gasteiger partial charge in [-0.15, -0.1) is 0 Å². The van der Waals surface area contributed by atoms with Crippen LogP contribution in [0.2, 0.25) is 5.02 Å². The Kier molecular flexibility index (Phi) is 4.91. The van der Waals surface area contributed by atoms with Crippen molar-refractivity contribution in [3.63, 3.8) is 0 Å². The lowest BCUT2D eigenvalue weighted by Gasteiger charge is -2.36. The summed E-state index contributed by atoms with van der Waals surface area (Å²) in [5.74, 6) is -0.767. The Labute approximate surface area is 146 Å². The Morgan fingerprint density at radius 3 is 2.08 bits per heavy atom. The zero-order valence-electron chi connectivity index (χ0n) is 13.4. The molecule has 2 aliphatic rings. The van der Waals surface area contributed by atoms with Crippen LogP contribution in [-0.4, -0.2) is 60.9 Å². The van der Waals surface area contributed by atoms with E-state index in [4.69, 9.17) is 16.9 Å². The van der Waals surface area contributed by atoms with Crippen LogP contribution in [0.5, 0.6) is 0 Å². The number of benzene rings is 1. The van der Waals surface area contributed by atoms with Crippen molar-refractivity contribution in [2.24, 2.45) is 0 Å². The number of carbonyl (C=O) groups is 2. The van der Waals surface area contributed by atoms with E-state index in [-0.39, 0.29) is 5.91 Å². The van der Waals surface area contributed by atoms with Crippen LogP contribution in [0.25, 0.3) is 0 Å². The van der Waals surface area contributed by atoms with E-state index < -0.39 is 5.91 Å². The van der Waals surface area contributed by atoms with Crippen molar-refractivity contribution < 1.29 is 9.59 Å². The zero-order chi connectivity index (χ0) is 17.1. The second-order valence-corrected chi connectivity index (χ2v) is 6.46. The summed E-state index contributed by atoms with van der Waals surface area (Å²) in [5, 5.41) is 9.36. The molecule has 24 heavy (non-hydrogen) atoms. The van der Waals surface area contributed by atoms with E-state index in [1.165, 1.54) is 0 Å². The van der Waals surface area contributed by atoms with Gasteiger partial charge in [-0.3, -0.25) is 9.59 Å². The van der Waals surface area contributed by atoms with Crippen LogP contribution in [0.1, 0.15) is 18.4 Å². The number of amides is 2. The predicted octanol–water partition coefficient (Wildman–Crippen LogP) is 1.48. The van der Waals surface area contributed by atoms with Gasteiger partial charge in [0, 0.05) is 45.0 Å². The van der Waals surface area contributed by atoms with E-state index in [0.717, 1.165) is 18.5 Å². The molecule has 2 saturated heterocycles. The summed E-state index contributed by atoms with van der Waals surface area (Å²) in [6, 6.07) is 7.37. The lowest BCUT2D eigenvalue weighted by Crippen LogP contribution is -2.53. The average Bonchev–Trinajstić information content (AvgIpc) is 3.15. The molecule has 7 heteroatoms. The molecule has 0 spiro atoms. The van der Waals surface area contributed by atoms with Crippen molar-refractivity contribution in [3.8, 4) is 6.07 Å². The highest BCUT2D eigenvalue weighted by Crippen LogP contribution is 2.24. The molecule has 0 N–H and O–H groups in total. The first kappa shape index (κ1) is 16.6. The lowest BCUT2D eigenvalue weighted by molar-refractivity contribution is -0.151. The fourth-order valence-electron chi connectivity index (χ4n) is 3.15. The number of nitriles is 1. The van der Waals surface area contributed by atoms with Gasteiger partial charge in [0.15, 0.2) is 0 Å². The summed E-state index contributed by atoms with van der Waals surface area (Å²) in [6.45, 7) is 3.68. The van der Waals surface area contributed by atoms with Gasteiger partial charge in [0.2, 0.25) is 0 Å². The van der Waals surface area contributed by atoms with Crippen LogP contribution in [-0.2, 0) is 9.59 Å². The molecule has 0 aromatic heterocycles. The summed E-state index contributed by atoms with van der Waals surface area (Å²) in [6.07, 6.45) is 1.96. The standard InChI is InChI=1S/C17H19ClN4O2/c18-15-11-14(4-3-13(15)12-19)20-7-9-22(10-8-20)17(24)16(23)21-5-1-2-6-21/h3-4,11H,1-2,5-10H2. The molecule has 0 atom stereocenters. The minimum absolute atomic E-state index is 0.373. The zero-order valence-corrected chi connectivity index (χ0v) is 14.1. The van der Waals surface area contributed by atoms with Crippen LogP contribution in [0.4, 0.5) is 5.69 Å². The monoisotopic (exact) mass is 346 g/mol. The molecule has 2 aliphatic heterocycles. The SMILES string of the molecule is N#Cc1ccc(N2CCN(C(=O)C(=O)N3CCCC3)CC2)cc1Cl. The Bertz CT molecular complexity index is 686. The van der Waals surface area contributed by atoms with Gasteiger partial charge in [-0.25, -0.2) is 0 Å². The molecule has 126 valence electrons. The molecule has 6 nitrogen and oxygen atoms in total. The normalized spacial score (nSPS) is 17.8. The van der Waals surface area contributed by atoms with Gasteiger partial charge >= 0.3 is 11.8 Å². The van der Waals surface area contributed by atoms with Crippen molar-refractivity contribution in [1.29, 1.82) is 5.26 Å². The third-order valence-electron chi connectivity index (χ3n) is 4.58. The highest BCUT2D eigenvalue weighted by atomic mass is 35.5. The van der Waals surface area contributed by atoms with E-state index in [1.54, 1.807) is 21.9 Å². The van der Waals surface area contributed by atoms with Gasteiger partial charge in [-0.2, -0.15) is 5.26 Å². The summed E-state index contributed by atoms with van der Waals surface area (Å²) in [7, 11) is 0. The van der Waals surface area contributed by atoms with Crippen molar-refractivity contribution >= 4 is 29.1 Å². The molecule has 0 aliphatic carbocycles. The van der Waals surface area contributed by atoms with Crippen molar-refractivity contribution in [2.45, 2.75) is 12.8 Å². The number of nitrogens with zero attached hydrogens (tertiary/aromatic N) is 4. The van der Waals surface area contributed by atoms with Gasteiger partial charge in [0.05, 0.1) is 10.6 Å². The summed E-state index contributed by atoms with van der Waals surface area (Å²) in [5.41, 5.74) is 1.38. The number of piperazine rings is 1. The Hall–Kier alpha value is -2.26. The molecule has 2 amide bonds. The van der Waals surface area contributed by atoms with Crippen molar-refractivity contribution in [3.05, 3.63) is 28.8 Å². The van der Waals surface area contributed by atoms with Gasteiger partial charge in [0.25, 0.3) is 0 Å². The second-order valence-electron chi connectivity index (χ2n) is 6.05. The molecular weight excluding hydrogens is 328 g/mol. The molecule has 2 heterocycles. The number of hydrogen-bond donors (Lipinski definition) is 0. The topological polar surface area (TPSA) is 67.6 Å². The van der Waals surface area contributed by atoms with E-state index in [0.29, 0.717) is 49.9 Å². The maximum atomic E-state index is 12.3. The molecule has 0 saturated carbocycles. The third-order valence-corrected chi connectivity index (χ3v) is 4.89. The predicted molar refractivity (Wildman–Crippen MR) is 90.8 cm³/mol. The maximum Gasteiger partial charge on any atom is 0.312 e. The second kappa shape index (κ2) is 7.10. The largest absolute Gasteiger partial charge is 0.368 e. The van der Waals surface area contributed by atoms with Crippen LogP contribution in [0, 0.1) is 11.3 Å². The third kappa shape index (κ3) is 3.31. The highest BCUT2D eigenvalue weighted by Gasteiger charge is 2.30. The number of likely N-dealkylation sites (tertiary alicyclic amines) is 1. The number of hydrogen-bond acceptors (Lipinski definition) is 4. The molecule has 0 unspecified atom stereocenters. The van der Waals surface area contributed by atoms with Crippen LogP contribution in [0.3, 0.4) is 0 Å². The van der Waals surface area contributed by atoms with Crippen molar-refractivity contribution in [1.82, 2.24) is 9.80 Å². The van der Waals surface area contributed by atoms with Crippen LogP contribution < -0.4 is 4.90 Å². The minimum atomic E-state index is -0.394. The summed E-state index contributed by atoms with van der Waals surface area (Å²) in [4.78, 5) is 29.9. The summed E-state index contributed by atoms with van der Waals surface area (Å²) >= 11 is 6.08. The molecule has 3 rings (SSSR count). The average molecular weight is 347 g/mol. The van der Waals surface area contributed by atoms with E-state index in [2.05, 4.69) is 4.90 Å². The molecule has 0 bridgehead atoms. The van der Waals surface area contributed by atoms with Gasteiger partial charge < -0.3 is 14.7 Å². The first-order valence-electron chi connectivity index (χ1n) is 8.13. The first-order valence-corrected chi connectivity index (χ1v) is 8.51. The lowest BCUT2D eigenvalue weighted by atomic mass is 10.2. The highest BCUT2D eigenvalue weighted by molar-refractivity contribution is 6.35. The summed E-state index contributed by atoms with van der Waals surface area (Å²) < 4.78 is 0. The van der Waals surface area contributed by atoms with Gasteiger partial charge in [-0.1, -0.05) is 11.6 Å². The first-order chi connectivity index (χ1) is 11.6. The van der Waals surface area contributed by atoms with Gasteiger partial charge in [-0.05, 0) is 31.0 Å². The van der Waals surface area contributed by atoms with E-state index >= 15 is 0 Å². The Morgan fingerprint density at radius 2 is 1.54 bits per heavy atom. The number of carbonyl (C=O) groups excluding carboxylic acids is 2. The molecule has 1 aromatic rings. The van der Waals surface area contributed by atoms with E-state index in [1.807, 2.05) is 12.1 Å². The minimum Gasteiger partial charge on any atom is -0.368 e. The molecular formula is C17H19ClN4O2. The number of anilines is 1. The van der Waals surface area contributed by atoms with Crippen molar-refractivity contribution in [2.75, 3.05) is 44.2 Å². The fourth-order valence-corrected chi connectivity index (χ4v) is 3.37. The number of rotatable bonds is 1. The van der Waals surface area contributed by atoms with Crippen LogP contribution in [0.15, 0.2) is 18.2 Å². The number of halogens is 1. The van der Waals surface area contributed by atoms with Gasteiger partial charge in [0.1, 0.15) is 6.07 Å². The fraction of sp³-hybridized carbons (Fsp3) is 0.471. The Morgan fingerprint density at radius 1 is 0.958 bits per heavy atom. The maximum absolute atomic E-state index is 12.3. The Balaban J connectivity index is 1.59.